The molecule has 4 heteroatoms. The van der Waals surface area contributed by atoms with Gasteiger partial charge in [-0.1, -0.05) is 0 Å². The quantitative estimate of drug-likeness (QED) is 0.799. The van der Waals surface area contributed by atoms with Gasteiger partial charge in [0.05, 0.1) is 17.5 Å². The van der Waals surface area contributed by atoms with Crippen LogP contribution in [0.3, 0.4) is 0 Å². The molecule has 0 aliphatic carbocycles. The molecule has 1 N–H and O–H groups in total. The van der Waals surface area contributed by atoms with Crippen molar-refractivity contribution in [1.29, 1.82) is 5.26 Å². The van der Waals surface area contributed by atoms with Gasteiger partial charge in [-0.3, -0.25) is 4.98 Å². The van der Waals surface area contributed by atoms with Crippen molar-refractivity contribution in [3.05, 3.63) is 16.6 Å². The minimum absolute atomic E-state index is 0.0652. The molecular weight excluding hydrogens is 182 g/mol. The molecule has 0 radical (unpaired) electrons. The molecule has 70 valence electrons. The van der Waals surface area contributed by atoms with Crippen molar-refractivity contribution in [2.24, 2.45) is 5.92 Å². The van der Waals surface area contributed by atoms with Crippen molar-refractivity contribution in [3.63, 3.8) is 0 Å². The van der Waals surface area contributed by atoms with E-state index in [-0.39, 0.29) is 5.92 Å². The molecule has 1 aromatic heterocycles. The summed E-state index contributed by atoms with van der Waals surface area (Å²) >= 11 is 1.63. The standard InChI is InChI=1S/C9H13N3S/c1-7(3-10)4-12-8(2)9-5-11-6-13-9/h5-8,12H,4H2,1-2H3. The van der Waals surface area contributed by atoms with E-state index in [1.807, 2.05) is 18.6 Å². The van der Waals surface area contributed by atoms with Gasteiger partial charge in [-0.15, -0.1) is 11.3 Å². The fourth-order valence-corrected chi connectivity index (χ4v) is 1.59. The highest BCUT2D eigenvalue weighted by Gasteiger charge is 2.07. The van der Waals surface area contributed by atoms with Crippen LogP contribution in [0.25, 0.3) is 0 Å². The Labute approximate surface area is 82.4 Å². The fourth-order valence-electron chi connectivity index (χ4n) is 0.939. The second-order valence-corrected chi connectivity index (χ2v) is 3.98. The summed E-state index contributed by atoms with van der Waals surface area (Å²) in [5.74, 6) is 0.0652. The Morgan fingerprint density at radius 2 is 2.46 bits per heavy atom. The minimum Gasteiger partial charge on any atom is -0.308 e. The number of hydrogen-bond acceptors (Lipinski definition) is 4. The summed E-state index contributed by atoms with van der Waals surface area (Å²) in [4.78, 5) is 5.22. The van der Waals surface area contributed by atoms with E-state index < -0.39 is 0 Å². The molecule has 0 aromatic carbocycles. The number of thiazole rings is 1. The van der Waals surface area contributed by atoms with E-state index >= 15 is 0 Å². The lowest BCUT2D eigenvalue weighted by atomic mass is 10.2. The van der Waals surface area contributed by atoms with Crippen LogP contribution in [0.5, 0.6) is 0 Å². The fraction of sp³-hybridized carbons (Fsp3) is 0.556. The van der Waals surface area contributed by atoms with Crippen LogP contribution in [-0.2, 0) is 0 Å². The Bertz CT molecular complexity index is 276. The molecule has 1 aromatic rings. The van der Waals surface area contributed by atoms with Crippen LogP contribution in [0.15, 0.2) is 11.7 Å². The summed E-state index contributed by atoms with van der Waals surface area (Å²) in [6.07, 6.45) is 1.86. The molecule has 0 fully saturated rings. The predicted molar refractivity (Wildman–Crippen MR) is 53.3 cm³/mol. The molecule has 1 rings (SSSR count). The molecule has 2 unspecified atom stereocenters. The van der Waals surface area contributed by atoms with E-state index in [4.69, 9.17) is 5.26 Å². The third-order valence-electron chi connectivity index (χ3n) is 1.83. The average molecular weight is 195 g/mol. The van der Waals surface area contributed by atoms with Gasteiger partial charge in [0.15, 0.2) is 0 Å². The maximum Gasteiger partial charge on any atom is 0.0794 e. The van der Waals surface area contributed by atoms with Crippen LogP contribution >= 0.6 is 11.3 Å². The summed E-state index contributed by atoms with van der Waals surface area (Å²) in [7, 11) is 0. The monoisotopic (exact) mass is 195 g/mol. The smallest absolute Gasteiger partial charge is 0.0794 e. The first kappa shape index (κ1) is 10.2. The molecule has 0 aliphatic heterocycles. The maximum atomic E-state index is 8.58. The van der Waals surface area contributed by atoms with Crippen molar-refractivity contribution < 1.29 is 0 Å². The molecule has 0 aliphatic rings. The summed E-state index contributed by atoms with van der Waals surface area (Å²) in [6.45, 7) is 4.72. The molecule has 3 nitrogen and oxygen atoms in total. The van der Waals surface area contributed by atoms with Crippen LogP contribution in [0.1, 0.15) is 24.8 Å². The summed E-state index contributed by atoms with van der Waals surface area (Å²) in [5, 5.41) is 11.9. The molecule has 0 spiro atoms. The highest BCUT2D eigenvalue weighted by molar-refractivity contribution is 7.09. The van der Waals surface area contributed by atoms with E-state index in [9.17, 15) is 0 Å². The molecule has 2 atom stereocenters. The van der Waals surface area contributed by atoms with E-state index in [1.165, 1.54) is 4.88 Å². The van der Waals surface area contributed by atoms with E-state index in [2.05, 4.69) is 23.3 Å². The lowest BCUT2D eigenvalue weighted by Gasteiger charge is -2.11. The lowest BCUT2D eigenvalue weighted by molar-refractivity contribution is 0.533. The number of nitrogens with zero attached hydrogens (tertiary/aromatic N) is 2. The Balaban J connectivity index is 2.35. The molecule has 1 heterocycles. The topological polar surface area (TPSA) is 48.7 Å². The summed E-state index contributed by atoms with van der Waals surface area (Å²) in [6, 6.07) is 2.49. The summed E-state index contributed by atoms with van der Waals surface area (Å²) < 4.78 is 0. The van der Waals surface area contributed by atoms with Crippen molar-refractivity contribution in [2.45, 2.75) is 19.9 Å². The first-order chi connectivity index (χ1) is 6.24. The van der Waals surface area contributed by atoms with Gasteiger partial charge < -0.3 is 5.32 Å². The number of aromatic nitrogens is 1. The molecule has 0 bridgehead atoms. The van der Waals surface area contributed by atoms with Gasteiger partial charge in [-0.25, -0.2) is 0 Å². The third-order valence-corrected chi connectivity index (χ3v) is 2.79. The maximum absolute atomic E-state index is 8.58. The molecule has 13 heavy (non-hydrogen) atoms. The SMILES string of the molecule is CC(C#N)CNC(C)c1cncs1. The zero-order valence-corrected chi connectivity index (χ0v) is 8.64. The van der Waals surface area contributed by atoms with Crippen LogP contribution in [0.4, 0.5) is 0 Å². The Hall–Kier alpha value is -0.920. The second-order valence-electron chi connectivity index (χ2n) is 3.06. The first-order valence-corrected chi connectivity index (χ1v) is 5.13. The highest BCUT2D eigenvalue weighted by Crippen LogP contribution is 2.16. The normalized spacial score (nSPS) is 14.8. The van der Waals surface area contributed by atoms with Gasteiger partial charge in [-0.05, 0) is 13.8 Å². The Morgan fingerprint density at radius 1 is 1.69 bits per heavy atom. The number of rotatable bonds is 4. The van der Waals surface area contributed by atoms with E-state index in [0.717, 1.165) is 6.54 Å². The second kappa shape index (κ2) is 4.95. The van der Waals surface area contributed by atoms with Gasteiger partial charge in [-0.2, -0.15) is 5.26 Å². The number of nitrogens with one attached hydrogen (secondary N) is 1. The van der Waals surface area contributed by atoms with Gasteiger partial charge in [0.1, 0.15) is 0 Å². The largest absolute Gasteiger partial charge is 0.308 e. The minimum atomic E-state index is 0.0652. The van der Waals surface area contributed by atoms with Gasteiger partial charge in [0, 0.05) is 23.7 Å². The van der Waals surface area contributed by atoms with Crippen molar-refractivity contribution in [2.75, 3.05) is 6.54 Å². The van der Waals surface area contributed by atoms with Gasteiger partial charge in [0.2, 0.25) is 0 Å². The highest BCUT2D eigenvalue weighted by atomic mass is 32.1. The average Bonchev–Trinajstić information content (AvgIpc) is 2.66. The molecule has 0 saturated heterocycles. The summed E-state index contributed by atoms with van der Waals surface area (Å²) in [5.41, 5.74) is 1.82. The predicted octanol–water partition coefficient (Wildman–Crippen LogP) is 1.95. The van der Waals surface area contributed by atoms with Crippen LogP contribution in [-0.4, -0.2) is 11.5 Å². The van der Waals surface area contributed by atoms with E-state index in [0.29, 0.717) is 6.04 Å². The molecular formula is C9H13N3S. The molecule has 0 amide bonds. The van der Waals surface area contributed by atoms with E-state index in [1.54, 1.807) is 11.3 Å². The van der Waals surface area contributed by atoms with Crippen molar-refractivity contribution in [1.82, 2.24) is 10.3 Å². The van der Waals surface area contributed by atoms with Gasteiger partial charge >= 0.3 is 0 Å². The number of nitriles is 1. The Morgan fingerprint density at radius 3 is 3.00 bits per heavy atom. The molecule has 0 saturated carbocycles. The third kappa shape index (κ3) is 3.13. The van der Waals surface area contributed by atoms with Crippen LogP contribution in [0.2, 0.25) is 0 Å². The number of hydrogen-bond donors (Lipinski definition) is 1. The van der Waals surface area contributed by atoms with Gasteiger partial charge in [0.25, 0.3) is 0 Å². The zero-order valence-electron chi connectivity index (χ0n) is 7.82. The van der Waals surface area contributed by atoms with Crippen LogP contribution < -0.4 is 5.32 Å². The van der Waals surface area contributed by atoms with Crippen LogP contribution in [0, 0.1) is 17.2 Å². The zero-order chi connectivity index (χ0) is 9.68. The van der Waals surface area contributed by atoms with Crippen molar-refractivity contribution in [3.8, 4) is 6.07 Å². The first-order valence-electron chi connectivity index (χ1n) is 4.25. The lowest BCUT2D eigenvalue weighted by Crippen LogP contribution is -2.23. The Kier molecular flexibility index (Phi) is 3.87. The van der Waals surface area contributed by atoms with Crippen molar-refractivity contribution >= 4 is 11.3 Å².